The van der Waals surface area contributed by atoms with E-state index in [1.54, 1.807) is 36.5 Å². The van der Waals surface area contributed by atoms with Gasteiger partial charge in [0.2, 0.25) is 0 Å². The van der Waals surface area contributed by atoms with Crippen LogP contribution in [0.5, 0.6) is 0 Å². The van der Waals surface area contributed by atoms with Crippen molar-refractivity contribution >= 4 is 11.7 Å². The molecule has 1 aliphatic heterocycles. The smallest absolute Gasteiger partial charge is 0.256 e. The van der Waals surface area contributed by atoms with Gasteiger partial charge >= 0.3 is 0 Å². The first-order chi connectivity index (χ1) is 11.2. The lowest BCUT2D eigenvalue weighted by molar-refractivity contribution is 0.0781. The van der Waals surface area contributed by atoms with Crippen LogP contribution in [0.1, 0.15) is 52.9 Å². The molecule has 1 aromatic carbocycles. The molecule has 5 heteroatoms. The number of rotatable bonds is 1. The first-order valence-electron chi connectivity index (χ1n) is 7.71. The Kier molecular flexibility index (Phi) is 3.56. The number of amides is 1. The van der Waals surface area contributed by atoms with Crippen molar-refractivity contribution in [2.75, 3.05) is 7.05 Å². The monoisotopic (exact) mass is 321 g/mol. The summed E-state index contributed by atoms with van der Waals surface area (Å²) in [5.74, 6) is 2.38. The largest absolute Gasteiger partial charge is 0.336 e. The second-order valence-corrected chi connectivity index (χ2v) is 7.03. The van der Waals surface area contributed by atoms with Gasteiger partial charge in [0.15, 0.2) is 5.78 Å². The van der Waals surface area contributed by atoms with Gasteiger partial charge in [0.25, 0.3) is 5.91 Å². The van der Waals surface area contributed by atoms with Crippen LogP contribution >= 0.6 is 0 Å². The summed E-state index contributed by atoms with van der Waals surface area (Å²) in [6.07, 6.45) is 7.06. The topological polar surface area (TPSA) is 55.2 Å². The third-order valence-corrected chi connectivity index (χ3v) is 4.15. The van der Waals surface area contributed by atoms with Crippen molar-refractivity contribution in [3.05, 3.63) is 47.0 Å². The fourth-order valence-corrected chi connectivity index (χ4v) is 2.79. The molecular formula is C19H19N3O2. The van der Waals surface area contributed by atoms with E-state index in [0.717, 1.165) is 5.69 Å². The minimum Gasteiger partial charge on any atom is -0.336 e. The molecule has 2 heterocycles. The predicted octanol–water partition coefficient (Wildman–Crippen LogP) is 2.67. The Hall–Kier alpha value is -2.87. The third kappa shape index (κ3) is 2.41. The molecule has 0 aliphatic carbocycles. The van der Waals surface area contributed by atoms with Crippen LogP contribution in [0.4, 0.5) is 0 Å². The summed E-state index contributed by atoms with van der Waals surface area (Å²) in [4.78, 5) is 31.3. The number of ketones is 1. The number of aromatic nitrogens is 2. The summed E-state index contributed by atoms with van der Waals surface area (Å²) in [5, 5.41) is 0. The molecule has 0 fully saturated rings. The van der Waals surface area contributed by atoms with Crippen LogP contribution in [0, 0.1) is 17.8 Å². The number of terminal acetylenes is 1. The third-order valence-electron chi connectivity index (χ3n) is 4.15. The highest BCUT2D eigenvalue weighted by molar-refractivity contribution is 6.01. The van der Waals surface area contributed by atoms with Crippen molar-refractivity contribution in [1.82, 2.24) is 14.5 Å². The van der Waals surface area contributed by atoms with E-state index in [1.807, 2.05) is 25.3 Å². The van der Waals surface area contributed by atoms with E-state index in [-0.39, 0.29) is 11.7 Å². The van der Waals surface area contributed by atoms with Gasteiger partial charge in [-0.15, -0.1) is 6.42 Å². The molecule has 122 valence electrons. The number of carbonyl (C=O) groups excluding carboxylic acids is 2. The van der Waals surface area contributed by atoms with Gasteiger partial charge in [-0.3, -0.25) is 14.2 Å². The zero-order valence-corrected chi connectivity index (χ0v) is 14.3. The maximum Gasteiger partial charge on any atom is 0.256 e. The van der Waals surface area contributed by atoms with Crippen LogP contribution in [0.3, 0.4) is 0 Å². The molecule has 3 rings (SSSR count). The van der Waals surface area contributed by atoms with E-state index in [0.29, 0.717) is 29.1 Å². The van der Waals surface area contributed by atoms with Crippen molar-refractivity contribution in [2.45, 2.75) is 27.3 Å². The highest BCUT2D eigenvalue weighted by Crippen LogP contribution is 2.29. The van der Waals surface area contributed by atoms with Crippen LogP contribution < -0.4 is 0 Å². The zero-order chi connectivity index (χ0) is 17.6. The van der Waals surface area contributed by atoms with E-state index in [4.69, 9.17) is 6.42 Å². The summed E-state index contributed by atoms with van der Waals surface area (Å²) >= 11 is 0. The SMILES string of the molecule is C#Cc1ccc2c(c1)C(=O)N(C)Cc1c(C(=O)C(C)(C)C)ncn1-2. The molecule has 1 aromatic heterocycles. The maximum absolute atomic E-state index is 12.7. The van der Waals surface area contributed by atoms with Crippen molar-refractivity contribution < 1.29 is 9.59 Å². The Bertz CT molecular complexity index is 894. The molecule has 1 aliphatic rings. The standard InChI is InChI=1S/C19H19N3O2/c1-6-12-7-8-14-13(9-12)18(24)21(5)10-15-16(20-11-22(14)15)17(23)19(2,3)4/h1,7-9,11H,10H2,2-5H3. The van der Waals surface area contributed by atoms with Crippen LogP contribution in [-0.4, -0.2) is 33.2 Å². The van der Waals surface area contributed by atoms with Crippen molar-refractivity contribution in [3.63, 3.8) is 0 Å². The van der Waals surface area contributed by atoms with Crippen molar-refractivity contribution in [1.29, 1.82) is 0 Å². The molecule has 0 spiro atoms. The number of hydrogen-bond acceptors (Lipinski definition) is 3. The van der Waals surface area contributed by atoms with Crippen molar-refractivity contribution in [3.8, 4) is 18.0 Å². The highest BCUT2D eigenvalue weighted by atomic mass is 16.2. The first kappa shape index (κ1) is 16.0. The average molecular weight is 321 g/mol. The van der Waals surface area contributed by atoms with E-state index in [1.165, 1.54) is 0 Å². The summed E-state index contributed by atoms with van der Waals surface area (Å²) in [6.45, 7) is 5.90. The molecular weight excluding hydrogens is 302 g/mol. The Morgan fingerprint density at radius 1 is 1.33 bits per heavy atom. The molecule has 24 heavy (non-hydrogen) atoms. The minimum absolute atomic E-state index is 0.0409. The number of benzene rings is 1. The molecule has 0 saturated heterocycles. The van der Waals surface area contributed by atoms with E-state index >= 15 is 0 Å². The molecule has 5 nitrogen and oxygen atoms in total. The fraction of sp³-hybridized carbons (Fsp3) is 0.316. The van der Waals surface area contributed by atoms with Crippen LogP contribution in [0.2, 0.25) is 0 Å². The van der Waals surface area contributed by atoms with Crippen LogP contribution in [-0.2, 0) is 6.54 Å². The highest BCUT2D eigenvalue weighted by Gasteiger charge is 2.32. The average Bonchev–Trinajstić information content (AvgIpc) is 2.90. The van der Waals surface area contributed by atoms with E-state index in [9.17, 15) is 9.59 Å². The number of imidazole rings is 1. The summed E-state index contributed by atoms with van der Waals surface area (Å²) in [7, 11) is 1.71. The number of Topliss-reactive ketones (excluding diaryl/α,β-unsaturated/α-hetero) is 1. The second kappa shape index (κ2) is 5.34. The van der Waals surface area contributed by atoms with Gasteiger partial charge < -0.3 is 4.90 Å². The van der Waals surface area contributed by atoms with Gasteiger partial charge in [-0.25, -0.2) is 4.98 Å². The number of nitrogens with zero attached hydrogens (tertiary/aromatic N) is 3. The molecule has 0 unspecified atom stereocenters. The summed E-state index contributed by atoms with van der Waals surface area (Å²) < 4.78 is 1.82. The fourth-order valence-electron chi connectivity index (χ4n) is 2.79. The summed E-state index contributed by atoms with van der Waals surface area (Å²) in [6, 6.07) is 5.29. The lowest BCUT2D eigenvalue weighted by Crippen LogP contribution is -2.27. The van der Waals surface area contributed by atoms with Crippen molar-refractivity contribution in [2.24, 2.45) is 5.41 Å². The molecule has 0 bridgehead atoms. The van der Waals surface area contributed by atoms with Gasteiger partial charge in [-0.1, -0.05) is 26.7 Å². The Morgan fingerprint density at radius 3 is 2.67 bits per heavy atom. The maximum atomic E-state index is 12.7. The Morgan fingerprint density at radius 2 is 2.04 bits per heavy atom. The lowest BCUT2D eigenvalue weighted by Gasteiger charge is -2.18. The molecule has 0 radical (unpaired) electrons. The molecule has 0 saturated carbocycles. The molecule has 2 aromatic rings. The first-order valence-corrected chi connectivity index (χ1v) is 7.71. The normalized spacial score (nSPS) is 13.8. The molecule has 0 atom stereocenters. The predicted molar refractivity (Wildman–Crippen MR) is 91.1 cm³/mol. The quantitative estimate of drug-likeness (QED) is 0.599. The van der Waals surface area contributed by atoms with Gasteiger partial charge in [0, 0.05) is 18.0 Å². The zero-order valence-electron chi connectivity index (χ0n) is 14.3. The van der Waals surface area contributed by atoms with Gasteiger partial charge in [0.05, 0.1) is 23.5 Å². The van der Waals surface area contributed by atoms with Gasteiger partial charge in [0.1, 0.15) is 12.0 Å². The van der Waals surface area contributed by atoms with E-state index in [2.05, 4.69) is 10.9 Å². The Labute approximate surface area is 141 Å². The molecule has 0 N–H and O–H groups in total. The number of hydrogen-bond donors (Lipinski definition) is 0. The minimum atomic E-state index is -0.541. The summed E-state index contributed by atoms with van der Waals surface area (Å²) in [5.41, 5.74) is 2.44. The van der Waals surface area contributed by atoms with E-state index < -0.39 is 5.41 Å². The number of fused-ring (bicyclic) bond motifs is 3. The Balaban J connectivity index is 2.24. The number of carbonyl (C=O) groups is 2. The van der Waals surface area contributed by atoms with Crippen LogP contribution in [0.15, 0.2) is 24.5 Å². The lowest BCUT2D eigenvalue weighted by atomic mass is 9.88. The second-order valence-electron chi connectivity index (χ2n) is 7.03. The van der Waals surface area contributed by atoms with Gasteiger partial charge in [-0.05, 0) is 18.2 Å². The van der Waals surface area contributed by atoms with Gasteiger partial charge in [-0.2, -0.15) is 0 Å². The molecule has 1 amide bonds. The van der Waals surface area contributed by atoms with Crippen LogP contribution in [0.25, 0.3) is 5.69 Å².